The van der Waals surface area contributed by atoms with Crippen LogP contribution in [0.2, 0.25) is 0 Å². The van der Waals surface area contributed by atoms with Gasteiger partial charge in [0.1, 0.15) is 15.7 Å². The Kier molecular flexibility index (Phi) is 6.61. The Labute approximate surface area is 124 Å². The highest BCUT2D eigenvalue weighted by Crippen LogP contribution is 2.10. The predicted molar refractivity (Wildman–Crippen MR) is 80.6 cm³/mol. The maximum Gasteiger partial charge on any atom is 0.314 e. The third-order valence-corrected chi connectivity index (χ3v) is 3.99. The number of benzene rings is 1. The van der Waals surface area contributed by atoms with E-state index >= 15 is 0 Å². The van der Waals surface area contributed by atoms with Crippen LogP contribution >= 0.6 is 0 Å². The Balaban J connectivity index is 2.21. The Hall–Kier alpha value is -1.63. The quantitative estimate of drug-likeness (QED) is 0.747. The van der Waals surface area contributed by atoms with Crippen LogP contribution in [0.5, 0.6) is 0 Å². The van der Waals surface area contributed by atoms with Gasteiger partial charge in [-0.25, -0.2) is 17.6 Å². The van der Waals surface area contributed by atoms with Gasteiger partial charge in [0, 0.05) is 19.3 Å². The lowest BCUT2D eigenvalue weighted by Gasteiger charge is -2.09. The molecule has 0 heterocycles. The number of hydrogen-bond donors (Lipinski definition) is 2. The van der Waals surface area contributed by atoms with Crippen molar-refractivity contribution >= 4 is 15.9 Å². The summed E-state index contributed by atoms with van der Waals surface area (Å²) >= 11 is 0. The van der Waals surface area contributed by atoms with Crippen molar-refractivity contribution in [2.75, 3.05) is 25.1 Å². The van der Waals surface area contributed by atoms with Gasteiger partial charge in [-0.15, -0.1) is 0 Å². The highest BCUT2D eigenvalue weighted by atomic mass is 32.2. The molecular weight excluding hydrogens is 295 g/mol. The van der Waals surface area contributed by atoms with Crippen molar-refractivity contribution in [3.8, 4) is 0 Å². The number of amides is 2. The minimum atomic E-state index is -2.99. The van der Waals surface area contributed by atoms with E-state index < -0.39 is 9.84 Å². The van der Waals surface area contributed by atoms with E-state index in [0.29, 0.717) is 25.9 Å². The fourth-order valence-electron chi connectivity index (χ4n) is 1.85. The molecule has 0 aliphatic heterocycles. The SMILES string of the molecule is Cc1cc(F)ccc1CCNC(=O)NCCCS(C)(=O)=O. The van der Waals surface area contributed by atoms with Crippen LogP contribution in [0.1, 0.15) is 17.5 Å². The molecule has 0 unspecified atom stereocenters. The molecule has 0 saturated carbocycles. The first-order valence-electron chi connectivity index (χ1n) is 6.72. The van der Waals surface area contributed by atoms with E-state index in [1.54, 1.807) is 6.07 Å². The number of urea groups is 1. The van der Waals surface area contributed by atoms with Gasteiger partial charge in [0.2, 0.25) is 0 Å². The Bertz CT molecular complexity index is 588. The molecule has 5 nitrogen and oxygen atoms in total. The molecule has 1 rings (SSSR count). The molecule has 0 aliphatic carbocycles. The van der Waals surface area contributed by atoms with E-state index in [2.05, 4.69) is 10.6 Å². The number of aryl methyl sites for hydroxylation is 1. The average Bonchev–Trinajstić information content (AvgIpc) is 2.36. The molecule has 0 radical (unpaired) electrons. The summed E-state index contributed by atoms with van der Waals surface area (Å²) in [6.07, 6.45) is 2.17. The monoisotopic (exact) mass is 316 g/mol. The smallest absolute Gasteiger partial charge is 0.314 e. The number of rotatable bonds is 7. The molecule has 0 fully saturated rings. The van der Waals surface area contributed by atoms with Crippen LogP contribution in [0, 0.1) is 12.7 Å². The van der Waals surface area contributed by atoms with Gasteiger partial charge >= 0.3 is 6.03 Å². The molecule has 0 bridgehead atoms. The number of hydrogen-bond acceptors (Lipinski definition) is 3. The second kappa shape index (κ2) is 7.97. The normalized spacial score (nSPS) is 11.2. The van der Waals surface area contributed by atoms with E-state index in [4.69, 9.17) is 0 Å². The van der Waals surface area contributed by atoms with Gasteiger partial charge in [0.15, 0.2) is 0 Å². The molecule has 7 heteroatoms. The van der Waals surface area contributed by atoms with E-state index in [-0.39, 0.29) is 17.6 Å². The summed E-state index contributed by atoms with van der Waals surface area (Å²) in [7, 11) is -2.99. The molecule has 1 aromatic rings. The fourth-order valence-corrected chi connectivity index (χ4v) is 2.52. The summed E-state index contributed by atoms with van der Waals surface area (Å²) in [5.41, 5.74) is 1.83. The zero-order valence-corrected chi connectivity index (χ0v) is 13.1. The molecule has 1 aromatic carbocycles. The van der Waals surface area contributed by atoms with Crippen LogP contribution in [0.15, 0.2) is 18.2 Å². The third-order valence-electron chi connectivity index (χ3n) is 2.96. The van der Waals surface area contributed by atoms with Crippen LogP contribution in [-0.4, -0.2) is 39.5 Å². The van der Waals surface area contributed by atoms with Crippen LogP contribution in [-0.2, 0) is 16.3 Å². The first-order valence-corrected chi connectivity index (χ1v) is 8.78. The molecule has 2 N–H and O–H groups in total. The summed E-state index contributed by atoms with van der Waals surface area (Å²) in [6.45, 7) is 2.57. The number of carbonyl (C=O) groups excluding carboxylic acids is 1. The van der Waals surface area contributed by atoms with Crippen LogP contribution in [0.25, 0.3) is 0 Å². The highest BCUT2D eigenvalue weighted by molar-refractivity contribution is 7.90. The van der Waals surface area contributed by atoms with Crippen LogP contribution < -0.4 is 10.6 Å². The number of nitrogens with one attached hydrogen (secondary N) is 2. The zero-order chi connectivity index (χ0) is 15.9. The van der Waals surface area contributed by atoms with Crippen molar-refractivity contribution in [1.82, 2.24) is 10.6 Å². The van der Waals surface area contributed by atoms with Crippen molar-refractivity contribution in [1.29, 1.82) is 0 Å². The topological polar surface area (TPSA) is 75.3 Å². The molecule has 0 atom stereocenters. The minimum Gasteiger partial charge on any atom is -0.338 e. The predicted octanol–water partition coefficient (Wildman–Crippen LogP) is 1.41. The fraction of sp³-hybridized carbons (Fsp3) is 0.500. The average molecular weight is 316 g/mol. The minimum absolute atomic E-state index is 0.0576. The number of sulfone groups is 1. The lowest BCUT2D eigenvalue weighted by molar-refractivity contribution is 0.241. The molecule has 2 amide bonds. The molecular formula is C14H21FN2O3S. The zero-order valence-electron chi connectivity index (χ0n) is 12.3. The molecule has 0 aromatic heterocycles. The Morgan fingerprint density at radius 3 is 2.52 bits per heavy atom. The number of carbonyl (C=O) groups is 1. The molecule has 21 heavy (non-hydrogen) atoms. The van der Waals surface area contributed by atoms with Crippen LogP contribution in [0.4, 0.5) is 9.18 Å². The summed E-state index contributed by atoms with van der Waals surface area (Å²) in [5, 5.41) is 5.27. The molecule has 118 valence electrons. The second-order valence-electron chi connectivity index (χ2n) is 4.99. The van der Waals surface area contributed by atoms with Crippen molar-refractivity contribution < 1.29 is 17.6 Å². The highest BCUT2D eigenvalue weighted by Gasteiger charge is 2.04. The van der Waals surface area contributed by atoms with E-state index in [9.17, 15) is 17.6 Å². The Morgan fingerprint density at radius 2 is 1.90 bits per heavy atom. The van der Waals surface area contributed by atoms with Gasteiger partial charge < -0.3 is 10.6 Å². The Morgan fingerprint density at radius 1 is 1.24 bits per heavy atom. The molecule has 0 saturated heterocycles. The van der Waals surface area contributed by atoms with Gasteiger partial charge in [-0.05, 0) is 43.0 Å². The summed E-state index contributed by atoms with van der Waals surface area (Å²) in [6, 6.07) is 4.23. The largest absolute Gasteiger partial charge is 0.338 e. The van der Waals surface area contributed by atoms with Crippen molar-refractivity contribution in [2.45, 2.75) is 19.8 Å². The lowest BCUT2D eigenvalue weighted by Crippen LogP contribution is -2.37. The standard InChI is InChI=1S/C14H21FN2O3S/c1-11-10-13(15)5-4-12(11)6-8-17-14(18)16-7-3-9-21(2,19)20/h4-5,10H,3,6-9H2,1-2H3,(H2,16,17,18). The maximum absolute atomic E-state index is 12.9. The van der Waals surface area contributed by atoms with E-state index in [1.165, 1.54) is 12.1 Å². The van der Waals surface area contributed by atoms with E-state index in [1.807, 2.05) is 6.92 Å². The first kappa shape index (κ1) is 17.4. The molecule has 0 spiro atoms. The van der Waals surface area contributed by atoms with Gasteiger partial charge in [0.05, 0.1) is 5.75 Å². The second-order valence-corrected chi connectivity index (χ2v) is 7.25. The maximum atomic E-state index is 12.9. The lowest BCUT2D eigenvalue weighted by atomic mass is 10.1. The van der Waals surface area contributed by atoms with Gasteiger partial charge in [0.25, 0.3) is 0 Å². The van der Waals surface area contributed by atoms with Gasteiger partial charge in [-0.1, -0.05) is 6.07 Å². The first-order chi connectivity index (χ1) is 9.78. The van der Waals surface area contributed by atoms with Gasteiger partial charge in [-0.3, -0.25) is 0 Å². The van der Waals surface area contributed by atoms with Crippen molar-refractivity contribution in [2.24, 2.45) is 0 Å². The summed E-state index contributed by atoms with van der Waals surface area (Å²) in [4.78, 5) is 11.5. The van der Waals surface area contributed by atoms with Crippen molar-refractivity contribution in [3.63, 3.8) is 0 Å². The summed E-state index contributed by atoms with van der Waals surface area (Å²) < 4.78 is 34.7. The third kappa shape index (κ3) is 7.65. The van der Waals surface area contributed by atoms with Gasteiger partial charge in [-0.2, -0.15) is 0 Å². The summed E-state index contributed by atoms with van der Waals surface area (Å²) in [5.74, 6) is -0.213. The molecule has 0 aliphatic rings. The van der Waals surface area contributed by atoms with E-state index in [0.717, 1.165) is 17.4 Å². The van der Waals surface area contributed by atoms with Crippen molar-refractivity contribution in [3.05, 3.63) is 35.1 Å². The number of halogens is 1. The van der Waals surface area contributed by atoms with Crippen LogP contribution in [0.3, 0.4) is 0 Å².